The van der Waals surface area contributed by atoms with E-state index in [1.807, 2.05) is 0 Å². The second-order valence-corrected chi connectivity index (χ2v) is 5.40. The second-order valence-electron chi connectivity index (χ2n) is 5.40. The van der Waals surface area contributed by atoms with Crippen molar-refractivity contribution < 1.29 is 19.4 Å². The Morgan fingerprint density at radius 2 is 1.89 bits per heavy atom. The molecule has 0 aromatic heterocycles. The third-order valence-electron chi connectivity index (χ3n) is 4.09. The minimum absolute atomic E-state index is 0.0280. The minimum atomic E-state index is -0.821. The molecule has 1 fully saturated rings. The molecule has 0 radical (unpaired) electrons. The Bertz CT molecular complexity index is 311. The van der Waals surface area contributed by atoms with Crippen LogP contribution in [-0.2, 0) is 14.3 Å². The van der Waals surface area contributed by atoms with Crippen LogP contribution >= 0.6 is 0 Å². The van der Waals surface area contributed by atoms with Crippen molar-refractivity contribution in [3.8, 4) is 0 Å². The van der Waals surface area contributed by atoms with Crippen LogP contribution in [0.15, 0.2) is 0 Å². The Morgan fingerprint density at radius 3 is 2.42 bits per heavy atom. The maximum absolute atomic E-state index is 12.2. The van der Waals surface area contributed by atoms with E-state index in [4.69, 9.17) is 9.84 Å². The van der Waals surface area contributed by atoms with E-state index in [0.29, 0.717) is 19.4 Å². The first kappa shape index (κ1) is 16.0. The van der Waals surface area contributed by atoms with Gasteiger partial charge in [-0.05, 0) is 19.3 Å². The number of carbonyl (C=O) groups is 2. The lowest BCUT2D eigenvalue weighted by Crippen LogP contribution is -2.52. The second kappa shape index (κ2) is 7.48. The molecule has 0 unspecified atom stereocenters. The molecule has 1 aliphatic carbocycles. The predicted octanol–water partition coefficient (Wildman–Crippen LogP) is 2.05. The van der Waals surface area contributed by atoms with Crippen LogP contribution in [0.2, 0.25) is 0 Å². The maximum Gasteiger partial charge on any atom is 0.305 e. The lowest BCUT2D eigenvalue weighted by molar-refractivity contribution is -0.146. The van der Waals surface area contributed by atoms with E-state index in [2.05, 4.69) is 0 Å². The standard InChI is InChI=1S/C14H25NO4/c1-15(12(16)7-6-10-19-2)14(11-13(17)18)8-4-3-5-9-14/h3-11H2,1-2H3,(H,17,18). The van der Waals surface area contributed by atoms with Gasteiger partial charge in [0, 0.05) is 27.2 Å². The number of carbonyl (C=O) groups excluding carboxylic acids is 1. The number of aliphatic carboxylic acids is 1. The van der Waals surface area contributed by atoms with Crippen molar-refractivity contribution >= 4 is 11.9 Å². The predicted molar refractivity (Wildman–Crippen MR) is 71.9 cm³/mol. The molecule has 19 heavy (non-hydrogen) atoms. The fourth-order valence-electron chi connectivity index (χ4n) is 2.92. The Balaban J connectivity index is 2.67. The first-order valence-electron chi connectivity index (χ1n) is 6.99. The van der Waals surface area contributed by atoms with Crippen molar-refractivity contribution in [3.05, 3.63) is 0 Å². The molecular weight excluding hydrogens is 246 g/mol. The van der Waals surface area contributed by atoms with E-state index in [1.165, 1.54) is 0 Å². The number of hydrogen-bond donors (Lipinski definition) is 1. The highest BCUT2D eigenvalue weighted by atomic mass is 16.5. The molecule has 5 nitrogen and oxygen atoms in total. The number of amides is 1. The van der Waals surface area contributed by atoms with Gasteiger partial charge in [0.2, 0.25) is 5.91 Å². The van der Waals surface area contributed by atoms with Crippen LogP contribution in [0.4, 0.5) is 0 Å². The molecule has 0 aromatic rings. The molecule has 0 aliphatic heterocycles. The molecule has 1 aliphatic rings. The highest BCUT2D eigenvalue weighted by Gasteiger charge is 2.40. The van der Waals surface area contributed by atoms with E-state index in [0.717, 1.165) is 32.1 Å². The van der Waals surface area contributed by atoms with Gasteiger partial charge in [0.25, 0.3) is 0 Å². The molecule has 1 amide bonds. The summed E-state index contributed by atoms with van der Waals surface area (Å²) in [6.45, 7) is 0.561. The number of rotatable bonds is 7. The smallest absolute Gasteiger partial charge is 0.305 e. The van der Waals surface area contributed by atoms with Crippen molar-refractivity contribution in [1.82, 2.24) is 4.90 Å². The normalized spacial score (nSPS) is 18.0. The molecule has 0 heterocycles. The molecule has 0 atom stereocenters. The SMILES string of the molecule is COCCCC(=O)N(C)C1(CC(=O)O)CCCCC1. The van der Waals surface area contributed by atoms with Gasteiger partial charge in [0.05, 0.1) is 12.0 Å². The summed E-state index contributed by atoms with van der Waals surface area (Å²) in [5.74, 6) is -0.793. The van der Waals surface area contributed by atoms with Gasteiger partial charge in [-0.25, -0.2) is 0 Å². The Kier molecular flexibility index (Phi) is 6.28. The lowest BCUT2D eigenvalue weighted by Gasteiger charge is -2.44. The van der Waals surface area contributed by atoms with Gasteiger partial charge < -0.3 is 14.7 Å². The van der Waals surface area contributed by atoms with Crippen molar-refractivity contribution in [2.45, 2.75) is 56.9 Å². The zero-order chi connectivity index (χ0) is 14.3. The van der Waals surface area contributed by atoms with Gasteiger partial charge in [0.15, 0.2) is 0 Å². The Hall–Kier alpha value is -1.10. The molecule has 0 aromatic carbocycles. The van der Waals surface area contributed by atoms with Crippen LogP contribution in [0.1, 0.15) is 51.4 Å². The van der Waals surface area contributed by atoms with Gasteiger partial charge in [0.1, 0.15) is 0 Å². The average molecular weight is 271 g/mol. The summed E-state index contributed by atoms with van der Waals surface area (Å²) in [6, 6.07) is 0. The summed E-state index contributed by atoms with van der Waals surface area (Å²) in [6.07, 6.45) is 5.89. The van der Waals surface area contributed by atoms with Crippen LogP contribution in [0.5, 0.6) is 0 Å². The van der Waals surface area contributed by atoms with Gasteiger partial charge in [-0.1, -0.05) is 19.3 Å². The van der Waals surface area contributed by atoms with Gasteiger partial charge in [-0.2, -0.15) is 0 Å². The van der Waals surface area contributed by atoms with Gasteiger partial charge in [-0.15, -0.1) is 0 Å². The first-order valence-corrected chi connectivity index (χ1v) is 6.99. The number of carboxylic acids is 1. The topological polar surface area (TPSA) is 66.8 Å². The van der Waals surface area contributed by atoms with Crippen molar-refractivity contribution in [3.63, 3.8) is 0 Å². The zero-order valence-electron chi connectivity index (χ0n) is 12.0. The average Bonchev–Trinajstić information content (AvgIpc) is 2.38. The summed E-state index contributed by atoms with van der Waals surface area (Å²) < 4.78 is 4.94. The van der Waals surface area contributed by atoms with Gasteiger partial charge in [-0.3, -0.25) is 9.59 Å². The molecule has 5 heteroatoms. The van der Waals surface area contributed by atoms with E-state index in [-0.39, 0.29) is 12.3 Å². The molecule has 1 N–H and O–H groups in total. The Morgan fingerprint density at radius 1 is 1.26 bits per heavy atom. The molecule has 0 bridgehead atoms. The zero-order valence-corrected chi connectivity index (χ0v) is 12.0. The van der Waals surface area contributed by atoms with Crippen molar-refractivity contribution in [1.29, 1.82) is 0 Å². The minimum Gasteiger partial charge on any atom is -0.481 e. The molecule has 0 saturated heterocycles. The number of ether oxygens (including phenoxy) is 1. The fourth-order valence-corrected chi connectivity index (χ4v) is 2.92. The number of nitrogens with zero attached hydrogens (tertiary/aromatic N) is 1. The summed E-state index contributed by atoms with van der Waals surface area (Å²) >= 11 is 0. The summed E-state index contributed by atoms with van der Waals surface area (Å²) in [5.41, 5.74) is -0.478. The van der Waals surface area contributed by atoms with Crippen LogP contribution in [0.3, 0.4) is 0 Å². The highest BCUT2D eigenvalue weighted by Crippen LogP contribution is 2.36. The van der Waals surface area contributed by atoms with E-state index >= 15 is 0 Å². The third kappa shape index (κ3) is 4.49. The molecule has 110 valence electrons. The van der Waals surface area contributed by atoms with E-state index < -0.39 is 11.5 Å². The molecule has 1 saturated carbocycles. The van der Waals surface area contributed by atoms with Crippen molar-refractivity contribution in [2.24, 2.45) is 0 Å². The maximum atomic E-state index is 12.2. The molecule has 1 rings (SSSR count). The molecular formula is C14H25NO4. The number of carboxylic acid groups (broad SMARTS) is 1. The van der Waals surface area contributed by atoms with Crippen LogP contribution in [0, 0.1) is 0 Å². The summed E-state index contributed by atoms with van der Waals surface area (Å²) in [4.78, 5) is 25.0. The van der Waals surface area contributed by atoms with Crippen molar-refractivity contribution in [2.75, 3.05) is 20.8 Å². The monoisotopic (exact) mass is 271 g/mol. The highest BCUT2D eigenvalue weighted by molar-refractivity contribution is 5.78. The summed E-state index contributed by atoms with van der Waals surface area (Å²) in [5, 5.41) is 9.12. The summed E-state index contributed by atoms with van der Waals surface area (Å²) in [7, 11) is 3.37. The number of methoxy groups -OCH3 is 1. The van der Waals surface area contributed by atoms with Crippen LogP contribution in [-0.4, -0.2) is 48.2 Å². The Labute approximate surface area is 114 Å². The van der Waals surface area contributed by atoms with Gasteiger partial charge >= 0.3 is 5.97 Å². The van der Waals surface area contributed by atoms with E-state index in [1.54, 1.807) is 19.1 Å². The quantitative estimate of drug-likeness (QED) is 0.720. The fraction of sp³-hybridized carbons (Fsp3) is 0.857. The molecule has 0 spiro atoms. The lowest BCUT2D eigenvalue weighted by atomic mass is 9.78. The first-order chi connectivity index (χ1) is 9.02. The number of hydrogen-bond acceptors (Lipinski definition) is 3. The van der Waals surface area contributed by atoms with Crippen LogP contribution < -0.4 is 0 Å². The third-order valence-corrected chi connectivity index (χ3v) is 4.09. The van der Waals surface area contributed by atoms with Crippen LogP contribution in [0.25, 0.3) is 0 Å². The largest absolute Gasteiger partial charge is 0.481 e. The van der Waals surface area contributed by atoms with E-state index in [9.17, 15) is 9.59 Å².